The SMILES string of the molecule is Cc1nc(C(N)=O)nc(N2CC[C@@H](NC(C)c3ccc(F)cc3)C2)c1C. The van der Waals surface area contributed by atoms with Gasteiger partial charge in [-0.15, -0.1) is 0 Å². The van der Waals surface area contributed by atoms with E-state index >= 15 is 0 Å². The molecule has 1 aromatic carbocycles. The van der Waals surface area contributed by atoms with Gasteiger partial charge in [0.25, 0.3) is 5.91 Å². The minimum absolute atomic E-state index is 0.0548. The number of nitrogens with two attached hydrogens (primary N) is 1. The topological polar surface area (TPSA) is 84.1 Å². The number of aromatic nitrogens is 2. The molecular weight excluding hydrogens is 333 g/mol. The minimum atomic E-state index is -0.617. The summed E-state index contributed by atoms with van der Waals surface area (Å²) in [7, 11) is 0. The number of anilines is 1. The molecule has 1 saturated heterocycles. The molecule has 26 heavy (non-hydrogen) atoms. The number of hydrogen-bond donors (Lipinski definition) is 2. The molecule has 138 valence electrons. The van der Waals surface area contributed by atoms with Gasteiger partial charge in [0.05, 0.1) is 0 Å². The molecule has 2 heterocycles. The molecule has 3 rings (SSSR count). The fourth-order valence-corrected chi connectivity index (χ4v) is 3.32. The predicted octanol–water partition coefficient (Wildman–Crippen LogP) is 2.26. The lowest BCUT2D eigenvalue weighted by atomic mass is 10.1. The summed E-state index contributed by atoms with van der Waals surface area (Å²) in [6.07, 6.45) is 0.958. The lowest BCUT2D eigenvalue weighted by Crippen LogP contribution is -2.35. The Hall–Kier alpha value is -2.54. The van der Waals surface area contributed by atoms with Gasteiger partial charge in [0.15, 0.2) is 0 Å². The standard InChI is InChI=1S/C19H24FN5O/c1-11-12(2)23-18(17(21)26)24-19(11)25-9-8-16(10-25)22-13(3)14-4-6-15(20)7-5-14/h4-7,13,16,22H,8-10H2,1-3H3,(H2,21,26)/t13?,16-/m1/s1. The van der Waals surface area contributed by atoms with Crippen molar-refractivity contribution in [3.05, 3.63) is 52.7 Å². The maximum Gasteiger partial charge on any atom is 0.286 e. The number of nitrogens with zero attached hydrogens (tertiary/aromatic N) is 3. The van der Waals surface area contributed by atoms with Crippen LogP contribution in [0, 0.1) is 19.7 Å². The summed E-state index contributed by atoms with van der Waals surface area (Å²) in [5, 5.41) is 3.59. The zero-order valence-electron chi connectivity index (χ0n) is 15.3. The van der Waals surface area contributed by atoms with Crippen molar-refractivity contribution in [3.8, 4) is 0 Å². The third-order valence-electron chi connectivity index (χ3n) is 4.93. The number of benzene rings is 1. The van der Waals surface area contributed by atoms with Gasteiger partial charge in [0.1, 0.15) is 11.6 Å². The van der Waals surface area contributed by atoms with E-state index in [1.165, 1.54) is 12.1 Å². The van der Waals surface area contributed by atoms with Crippen molar-refractivity contribution in [3.63, 3.8) is 0 Å². The van der Waals surface area contributed by atoms with Crippen LogP contribution in [0.3, 0.4) is 0 Å². The molecule has 0 saturated carbocycles. The first-order chi connectivity index (χ1) is 12.3. The van der Waals surface area contributed by atoms with Crippen molar-refractivity contribution < 1.29 is 9.18 Å². The number of carbonyl (C=O) groups excluding carboxylic acids is 1. The second kappa shape index (κ2) is 7.37. The van der Waals surface area contributed by atoms with E-state index in [0.717, 1.165) is 42.1 Å². The van der Waals surface area contributed by atoms with Crippen molar-refractivity contribution in [2.24, 2.45) is 5.73 Å². The molecule has 7 heteroatoms. The van der Waals surface area contributed by atoms with Gasteiger partial charge < -0.3 is 16.0 Å². The van der Waals surface area contributed by atoms with Gasteiger partial charge in [-0.25, -0.2) is 14.4 Å². The molecule has 0 radical (unpaired) electrons. The Morgan fingerprint density at radius 2 is 2.00 bits per heavy atom. The number of hydrogen-bond acceptors (Lipinski definition) is 5. The lowest BCUT2D eigenvalue weighted by Gasteiger charge is -2.23. The summed E-state index contributed by atoms with van der Waals surface area (Å²) in [4.78, 5) is 22.1. The highest BCUT2D eigenvalue weighted by molar-refractivity contribution is 5.89. The molecule has 6 nitrogen and oxygen atoms in total. The highest BCUT2D eigenvalue weighted by Crippen LogP contribution is 2.25. The van der Waals surface area contributed by atoms with E-state index in [1.807, 2.05) is 13.8 Å². The third-order valence-corrected chi connectivity index (χ3v) is 4.93. The highest BCUT2D eigenvalue weighted by atomic mass is 19.1. The van der Waals surface area contributed by atoms with Crippen molar-refractivity contribution in [2.45, 2.75) is 39.3 Å². The van der Waals surface area contributed by atoms with Crippen LogP contribution in [-0.2, 0) is 0 Å². The van der Waals surface area contributed by atoms with Gasteiger partial charge in [-0.2, -0.15) is 0 Å². The zero-order valence-corrected chi connectivity index (χ0v) is 15.3. The Bertz CT molecular complexity index is 808. The molecule has 1 amide bonds. The van der Waals surface area contributed by atoms with Gasteiger partial charge in [-0.3, -0.25) is 4.79 Å². The average molecular weight is 357 g/mol. The molecule has 1 unspecified atom stereocenters. The summed E-state index contributed by atoms with van der Waals surface area (Å²) in [6.45, 7) is 7.50. The quantitative estimate of drug-likeness (QED) is 0.857. The van der Waals surface area contributed by atoms with E-state index in [-0.39, 0.29) is 23.7 Å². The first-order valence-electron chi connectivity index (χ1n) is 8.76. The number of carbonyl (C=O) groups is 1. The van der Waals surface area contributed by atoms with Crippen LogP contribution in [0.2, 0.25) is 0 Å². The van der Waals surface area contributed by atoms with E-state index in [1.54, 1.807) is 12.1 Å². The van der Waals surface area contributed by atoms with Gasteiger partial charge in [-0.1, -0.05) is 12.1 Å². The smallest absolute Gasteiger partial charge is 0.286 e. The molecule has 2 aromatic rings. The van der Waals surface area contributed by atoms with E-state index in [0.29, 0.717) is 0 Å². The number of aryl methyl sites for hydroxylation is 1. The van der Waals surface area contributed by atoms with E-state index < -0.39 is 5.91 Å². The summed E-state index contributed by atoms with van der Waals surface area (Å²) >= 11 is 0. The van der Waals surface area contributed by atoms with Crippen LogP contribution < -0.4 is 16.0 Å². The average Bonchev–Trinajstić information content (AvgIpc) is 3.05. The molecule has 2 atom stereocenters. The number of primary amides is 1. The summed E-state index contributed by atoms with van der Waals surface area (Å²) in [5.74, 6) is -0.0229. The Balaban J connectivity index is 1.70. The zero-order chi connectivity index (χ0) is 18.8. The second-order valence-electron chi connectivity index (χ2n) is 6.82. The monoisotopic (exact) mass is 357 g/mol. The Morgan fingerprint density at radius 3 is 2.65 bits per heavy atom. The predicted molar refractivity (Wildman–Crippen MR) is 98.6 cm³/mol. The molecule has 0 bridgehead atoms. The fourth-order valence-electron chi connectivity index (χ4n) is 3.32. The maximum atomic E-state index is 13.1. The minimum Gasteiger partial charge on any atom is -0.363 e. The van der Waals surface area contributed by atoms with Gasteiger partial charge in [-0.05, 0) is 44.9 Å². The molecule has 1 aliphatic heterocycles. The molecule has 1 aromatic heterocycles. The summed E-state index contributed by atoms with van der Waals surface area (Å²) in [5.41, 5.74) is 8.12. The molecule has 0 spiro atoms. The van der Waals surface area contributed by atoms with Gasteiger partial charge in [0.2, 0.25) is 5.82 Å². The summed E-state index contributed by atoms with van der Waals surface area (Å²) in [6, 6.07) is 6.96. The third kappa shape index (κ3) is 3.83. The number of amides is 1. The van der Waals surface area contributed by atoms with Crippen molar-refractivity contribution in [1.82, 2.24) is 15.3 Å². The van der Waals surface area contributed by atoms with Crippen molar-refractivity contribution in [2.75, 3.05) is 18.0 Å². The van der Waals surface area contributed by atoms with Gasteiger partial charge in [0, 0.05) is 36.4 Å². The van der Waals surface area contributed by atoms with Crippen LogP contribution in [0.4, 0.5) is 10.2 Å². The van der Waals surface area contributed by atoms with E-state index in [9.17, 15) is 9.18 Å². The van der Waals surface area contributed by atoms with Crippen LogP contribution in [0.5, 0.6) is 0 Å². The van der Waals surface area contributed by atoms with Crippen LogP contribution in [0.25, 0.3) is 0 Å². The van der Waals surface area contributed by atoms with Crippen LogP contribution in [-0.4, -0.2) is 35.0 Å². The lowest BCUT2D eigenvalue weighted by molar-refractivity contribution is 0.0990. The van der Waals surface area contributed by atoms with Crippen molar-refractivity contribution >= 4 is 11.7 Å². The first-order valence-corrected chi connectivity index (χ1v) is 8.76. The fraction of sp³-hybridized carbons (Fsp3) is 0.421. The largest absolute Gasteiger partial charge is 0.363 e. The Kier molecular flexibility index (Phi) is 5.18. The van der Waals surface area contributed by atoms with E-state index in [4.69, 9.17) is 5.73 Å². The van der Waals surface area contributed by atoms with Crippen molar-refractivity contribution in [1.29, 1.82) is 0 Å². The molecule has 1 fully saturated rings. The van der Waals surface area contributed by atoms with Crippen LogP contribution in [0.1, 0.15) is 46.8 Å². The second-order valence-corrected chi connectivity index (χ2v) is 6.82. The van der Waals surface area contributed by atoms with Crippen LogP contribution in [0.15, 0.2) is 24.3 Å². The highest BCUT2D eigenvalue weighted by Gasteiger charge is 2.27. The van der Waals surface area contributed by atoms with Crippen LogP contribution >= 0.6 is 0 Å². The summed E-state index contributed by atoms with van der Waals surface area (Å²) < 4.78 is 13.1. The van der Waals surface area contributed by atoms with Gasteiger partial charge >= 0.3 is 0 Å². The Morgan fingerprint density at radius 1 is 1.31 bits per heavy atom. The maximum absolute atomic E-state index is 13.1. The Labute approximate surface area is 152 Å². The molecule has 1 aliphatic rings. The molecular formula is C19H24FN5O. The number of halogens is 1. The normalized spacial score (nSPS) is 18.2. The van der Waals surface area contributed by atoms with E-state index in [2.05, 4.69) is 27.1 Å². The number of rotatable bonds is 5. The molecule has 3 N–H and O–H groups in total. The molecule has 0 aliphatic carbocycles. The first kappa shape index (κ1) is 18.3. The number of nitrogens with one attached hydrogen (secondary N) is 1.